The zero-order valence-corrected chi connectivity index (χ0v) is 19.9. The van der Waals surface area contributed by atoms with Gasteiger partial charge in [-0.05, 0) is 68.8 Å². The Morgan fingerprint density at radius 3 is 2.61 bits per heavy atom. The lowest BCUT2D eigenvalue weighted by atomic mass is 10.1. The van der Waals surface area contributed by atoms with Crippen molar-refractivity contribution in [1.29, 1.82) is 0 Å². The lowest BCUT2D eigenvalue weighted by molar-refractivity contribution is -0.119. The predicted molar refractivity (Wildman–Crippen MR) is 138 cm³/mol. The number of benzene rings is 4. The highest BCUT2D eigenvalue weighted by Crippen LogP contribution is 2.26. The van der Waals surface area contributed by atoms with Gasteiger partial charge in [0.1, 0.15) is 12.4 Å². The molecule has 0 bridgehead atoms. The van der Waals surface area contributed by atoms with E-state index in [0.29, 0.717) is 17.4 Å². The quantitative estimate of drug-likeness (QED) is 0.208. The summed E-state index contributed by atoms with van der Waals surface area (Å²) < 4.78 is 6.65. The molecular weight excluding hydrogens is 502 g/mol. The van der Waals surface area contributed by atoms with Crippen LogP contribution < -0.4 is 15.5 Å². The van der Waals surface area contributed by atoms with Gasteiger partial charge >= 0.3 is 0 Å². The van der Waals surface area contributed by atoms with Crippen molar-refractivity contribution in [2.75, 3.05) is 11.9 Å². The van der Waals surface area contributed by atoms with E-state index in [1.54, 1.807) is 6.21 Å². The second-order valence-corrected chi connectivity index (χ2v) is 8.57. The van der Waals surface area contributed by atoms with Crippen molar-refractivity contribution in [2.24, 2.45) is 5.10 Å². The Morgan fingerprint density at radius 1 is 1.00 bits per heavy atom. The molecule has 5 nitrogen and oxygen atoms in total. The molecule has 7 heteroatoms. The van der Waals surface area contributed by atoms with E-state index in [-0.39, 0.29) is 12.5 Å². The molecule has 0 saturated carbocycles. The Bertz CT molecular complexity index is 1290. The minimum absolute atomic E-state index is 0.118. The lowest BCUT2D eigenvalue weighted by Crippen LogP contribution is -2.25. The average molecular weight is 523 g/mol. The Morgan fingerprint density at radius 2 is 1.79 bits per heavy atom. The van der Waals surface area contributed by atoms with Crippen molar-refractivity contribution in [3.8, 4) is 5.75 Å². The molecule has 2 N–H and O–H groups in total. The molecule has 0 aliphatic rings. The summed E-state index contributed by atoms with van der Waals surface area (Å²) in [6.45, 7) is 0.551. The standard InChI is InChI=1S/C26H21BrClN3O2/c27-23-14-19(10-13-25(23)33-17-18-8-11-21(28)12-9-18)15-30-31-26(32)16-29-24-7-3-5-20-4-1-2-6-22(20)24/h1-15,29H,16-17H2,(H,31,32)/b30-15-. The van der Waals surface area contributed by atoms with Gasteiger partial charge in [0.05, 0.1) is 17.2 Å². The first-order valence-electron chi connectivity index (χ1n) is 10.3. The lowest BCUT2D eigenvalue weighted by Gasteiger charge is -2.09. The zero-order chi connectivity index (χ0) is 23.0. The SMILES string of the molecule is O=C(CNc1cccc2ccccc12)N/N=C\c1ccc(OCc2ccc(Cl)cc2)c(Br)c1. The monoisotopic (exact) mass is 521 g/mol. The Hall–Kier alpha value is -3.35. The van der Waals surface area contributed by atoms with Gasteiger partial charge in [0, 0.05) is 16.1 Å². The third-order valence-corrected chi connectivity index (χ3v) is 5.77. The second kappa shape index (κ2) is 11.0. The van der Waals surface area contributed by atoms with E-state index >= 15 is 0 Å². The van der Waals surface area contributed by atoms with Crippen molar-refractivity contribution in [2.45, 2.75) is 6.61 Å². The number of hydrazone groups is 1. The van der Waals surface area contributed by atoms with Gasteiger partial charge in [0.15, 0.2) is 0 Å². The normalized spacial score (nSPS) is 11.0. The number of ether oxygens (including phenoxy) is 1. The van der Waals surface area contributed by atoms with E-state index in [1.165, 1.54) is 0 Å². The maximum atomic E-state index is 12.2. The van der Waals surface area contributed by atoms with Crippen LogP contribution in [-0.2, 0) is 11.4 Å². The van der Waals surface area contributed by atoms with Crippen LogP contribution in [0.2, 0.25) is 5.02 Å². The van der Waals surface area contributed by atoms with Gasteiger partial charge in [-0.3, -0.25) is 4.79 Å². The van der Waals surface area contributed by atoms with Gasteiger partial charge in [-0.1, -0.05) is 60.1 Å². The summed E-state index contributed by atoms with van der Waals surface area (Å²) in [5.41, 5.74) is 5.30. The summed E-state index contributed by atoms with van der Waals surface area (Å²) in [4.78, 5) is 12.2. The molecule has 0 aromatic heterocycles. The fraction of sp³-hybridized carbons (Fsp3) is 0.0769. The van der Waals surface area contributed by atoms with Gasteiger partial charge < -0.3 is 10.1 Å². The number of carbonyl (C=O) groups is 1. The molecule has 0 radical (unpaired) electrons. The largest absolute Gasteiger partial charge is 0.488 e. The van der Waals surface area contributed by atoms with Crippen LogP contribution in [0.15, 0.2) is 94.5 Å². The zero-order valence-electron chi connectivity index (χ0n) is 17.6. The number of hydrogen-bond acceptors (Lipinski definition) is 4. The molecule has 0 aliphatic carbocycles. The van der Waals surface area contributed by atoms with E-state index in [1.807, 2.05) is 84.9 Å². The van der Waals surface area contributed by atoms with Crippen molar-refractivity contribution < 1.29 is 9.53 Å². The second-order valence-electron chi connectivity index (χ2n) is 7.28. The van der Waals surface area contributed by atoms with Crippen LogP contribution in [0.1, 0.15) is 11.1 Å². The molecule has 0 aliphatic heterocycles. The van der Waals surface area contributed by atoms with E-state index in [0.717, 1.165) is 32.1 Å². The molecule has 4 rings (SSSR count). The molecule has 4 aromatic carbocycles. The summed E-state index contributed by atoms with van der Waals surface area (Å²) in [6.07, 6.45) is 1.59. The van der Waals surface area contributed by atoms with Crippen LogP contribution in [-0.4, -0.2) is 18.7 Å². The summed E-state index contributed by atoms with van der Waals surface area (Å²) in [5, 5.41) is 10.1. The van der Waals surface area contributed by atoms with Crippen molar-refractivity contribution in [1.82, 2.24) is 5.43 Å². The summed E-state index contributed by atoms with van der Waals surface area (Å²) in [5.74, 6) is 0.478. The van der Waals surface area contributed by atoms with Crippen molar-refractivity contribution >= 4 is 56.1 Å². The van der Waals surface area contributed by atoms with Crippen LogP contribution in [0, 0.1) is 0 Å². The fourth-order valence-electron chi connectivity index (χ4n) is 3.23. The predicted octanol–water partition coefficient (Wildman–Crippen LogP) is 6.40. The van der Waals surface area contributed by atoms with E-state index in [9.17, 15) is 4.79 Å². The van der Waals surface area contributed by atoms with Gasteiger partial charge in [-0.25, -0.2) is 5.43 Å². The summed E-state index contributed by atoms with van der Waals surface area (Å²) in [7, 11) is 0. The first kappa shape index (κ1) is 22.8. The van der Waals surface area contributed by atoms with Crippen LogP contribution in [0.3, 0.4) is 0 Å². The van der Waals surface area contributed by atoms with E-state index < -0.39 is 0 Å². The molecule has 0 spiro atoms. The summed E-state index contributed by atoms with van der Waals surface area (Å²) in [6, 6.07) is 27.1. The van der Waals surface area contributed by atoms with Crippen LogP contribution >= 0.6 is 27.5 Å². The number of hydrogen-bond donors (Lipinski definition) is 2. The molecule has 0 atom stereocenters. The van der Waals surface area contributed by atoms with Crippen LogP contribution in [0.5, 0.6) is 5.75 Å². The molecule has 0 heterocycles. The molecule has 0 unspecified atom stereocenters. The highest BCUT2D eigenvalue weighted by atomic mass is 79.9. The molecular formula is C26H21BrClN3O2. The molecule has 0 fully saturated rings. The highest BCUT2D eigenvalue weighted by Gasteiger charge is 2.05. The Balaban J connectivity index is 1.28. The summed E-state index contributed by atoms with van der Waals surface area (Å²) >= 11 is 9.43. The first-order chi connectivity index (χ1) is 16.1. The molecule has 33 heavy (non-hydrogen) atoms. The number of nitrogens with one attached hydrogen (secondary N) is 2. The maximum Gasteiger partial charge on any atom is 0.259 e. The maximum absolute atomic E-state index is 12.2. The van der Waals surface area contributed by atoms with E-state index in [2.05, 4.69) is 31.8 Å². The number of amides is 1. The van der Waals surface area contributed by atoms with Gasteiger partial charge in [0.25, 0.3) is 5.91 Å². The van der Waals surface area contributed by atoms with Gasteiger partial charge in [-0.15, -0.1) is 0 Å². The van der Waals surface area contributed by atoms with Crippen LogP contribution in [0.4, 0.5) is 5.69 Å². The fourth-order valence-corrected chi connectivity index (χ4v) is 3.87. The molecule has 166 valence electrons. The highest BCUT2D eigenvalue weighted by molar-refractivity contribution is 9.10. The number of rotatable bonds is 8. The average Bonchev–Trinajstić information content (AvgIpc) is 2.83. The van der Waals surface area contributed by atoms with Crippen LogP contribution in [0.25, 0.3) is 10.8 Å². The number of nitrogens with zero attached hydrogens (tertiary/aromatic N) is 1. The Labute approximate surface area is 205 Å². The smallest absolute Gasteiger partial charge is 0.259 e. The third kappa shape index (κ3) is 6.34. The number of halogens is 2. The number of anilines is 1. The molecule has 4 aromatic rings. The van der Waals surface area contributed by atoms with Crippen molar-refractivity contribution in [3.63, 3.8) is 0 Å². The molecule has 0 saturated heterocycles. The Kier molecular flexibility index (Phi) is 7.60. The molecule has 1 amide bonds. The topological polar surface area (TPSA) is 62.7 Å². The number of carbonyl (C=O) groups excluding carboxylic acids is 1. The van der Waals surface area contributed by atoms with Gasteiger partial charge in [0.2, 0.25) is 0 Å². The van der Waals surface area contributed by atoms with E-state index in [4.69, 9.17) is 16.3 Å². The number of fused-ring (bicyclic) bond motifs is 1. The van der Waals surface area contributed by atoms with Gasteiger partial charge in [-0.2, -0.15) is 5.10 Å². The minimum atomic E-state index is -0.235. The minimum Gasteiger partial charge on any atom is -0.488 e. The third-order valence-electron chi connectivity index (χ3n) is 4.90. The van der Waals surface area contributed by atoms with Crippen molar-refractivity contribution in [3.05, 3.63) is 106 Å². The first-order valence-corrected chi connectivity index (χ1v) is 11.5.